The van der Waals surface area contributed by atoms with Crippen molar-refractivity contribution in [1.29, 1.82) is 0 Å². The lowest BCUT2D eigenvalue weighted by atomic mass is 10.1. The highest BCUT2D eigenvalue weighted by atomic mass is 14.9. The highest BCUT2D eigenvalue weighted by molar-refractivity contribution is 4.85. The molecule has 1 aliphatic rings. The Morgan fingerprint density at radius 2 is 2.23 bits per heavy atom. The summed E-state index contributed by atoms with van der Waals surface area (Å²) < 4.78 is 0. The third-order valence-corrected chi connectivity index (χ3v) is 3.14. The molecule has 0 aliphatic heterocycles. The van der Waals surface area contributed by atoms with Crippen molar-refractivity contribution >= 4 is 0 Å². The molecule has 1 rings (SSSR count). The molecular weight excluding hydrogens is 160 g/mol. The van der Waals surface area contributed by atoms with Gasteiger partial charge in [0.15, 0.2) is 0 Å². The van der Waals surface area contributed by atoms with Crippen LogP contribution in [0.25, 0.3) is 0 Å². The molecule has 0 amide bonds. The average Bonchev–Trinajstić information content (AvgIpc) is 2.83. The summed E-state index contributed by atoms with van der Waals surface area (Å²) in [6.07, 6.45) is 5.24. The Hall–Kier alpha value is -0.0800. The van der Waals surface area contributed by atoms with Crippen LogP contribution in [0.5, 0.6) is 0 Å². The average molecular weight is 184 g/mol. The van der Waals surface area contributed by atoms with Crippen LogP contribution in [0.4, 0.5) is 0 Å². The van der Waals surface area contributed by atoms with E-state index in [1.807, 2.05) is 0 Å². The Bertz CT molecular complexity index is 136. The highest BCUT2D eigenvalue weighted by Gasteiger charge is 2.32. The van der Waals surface area contributed by atoms with Crippen molar-refractivity contribution < 1.29 is 0 Å². The van der Waals surface area contributed by atoms with Crippen LogP contribution in [0.2, 0.25) is 0 Å². The van der Waals surface area contributed by atoms with Crippen molar-refractivity contribution in [3.63, 3.8) is 0 Å². The molecule has 0 aromatic carbocycles. The topological polar surface area (TPSA) is 38.0 Å². The second kappa shape index (κ2) is 5.61. The highest BCUT2D eigenvalue weighted by Crippen LogP contribution is 2.36. The van der Waals surface area contributed by atoms with E-state index in [1.54, 1.807) is 0 Å². The Balaban J connectivity index is 2.01. The number of rotatable bonds is 7. The minimum absolute atomic E-state index is 0.563. The van der Waals surface area contributed by atoms with Crippen molar-refractivity contribution in [3.8, 4) is 0 Å². The molecule has 0 aromatic rings. The predicted molar refractivity (Wildman–Crippen MR) is 57.6 cm³/mol. The van der Waals surface area contributed by atoms with E-state index in [-0.39, 0.29) is 0 Å². The van der Waals surface area contributed by atoms with E-state index in [0.29, 0.717) is 6.04 Å². The molecule has 0 bridgehead atoms. The molecule has 0 aromatic heterocycles. The van der Waals surface area contributed by atoms with Crippen molar-refractivity contribution in [1.82, 2.24) is 5.32 Å². The number of hydrogen-bond acceptors (Lipinski definition) is 2. The zero-order valence-corrected chi connectivity index (χ0v) is 9.05. The number of hydrogen-bond donors (Lipinski definition) is 2. The lowest BCUT2D eigenvalue weighted by Crippen LogP contribution is -2.37. The fraction of sp³-hybridized carbons (Fsp3) is 1.00. The van der Waals surface area contributed by atoms with E-state index in [1.165, 1.54) is 32.2 Å². The third-order valence-electron chi connectivity index (χ3n) is 3.14. The molecule has 1 saturated carbocycles. The van der Waals surface area contributed by atoms with E-state index in [0.717, 1.165) is 18.4 Å². The monoisotopic (exact) mass is 184 g/mol. The van der Waals surface area contributed by atoms with E-state index in [4.69, 9.17) is 5.73 Å². The van der Waals surface area contributed by atoms with Gasteiger partial charge in [-0.15, -0.1) is 0 Å². The number of unbranched alkanes of at least 4 members (excludes halogenated alkanes) is 1. The summed E-state index contributed by atoms with van der Waals surface area (Å²) in [5, 5.41) is 3.57. The molecule has 1 fully saturated rings. The van der Waals surface area contributed by atoms with Crippen LogP contribution in [0, 0.1) is 11.8 Å². The molecule has 3 atom stereocenters. The Labute approximate surface area is 82.3 Å². The number of nitrogens with two attached hydrogens (primary N) is 1. The molecule has 3 unspecified atom stereocenters. The standard InChI is InChI=1S/C11H24N2/c1-3-4-5-11(7-12)13-8-10-6-9(10)2/h9-11,13H,3-8,12H2,1-2H3. The molecule has 13 heavy (non-hydrogen) atoms. The zero-order valence-electron chi connectivity index (χ0n) is 9.05. The van der Waals surface area contributed by atoms with Crippen LogP contribution < -0.4 is 11.1 Å². The lowest BCUT2D eigenvalue weighted by molar-refractivity contribution is 0.455. The van der Waals surface area contributed by atoms with Crippen LogP contribution in [-0.4, -0.2) is 19.1 Å². The van der Waals surface area contributed by atoms with Gasteiger partial charge >= 0.3 is 0 Å². The summed E-state index contributed by atoms with van der Waals surface area (Å²) in [6, 6.07) is 0.563. The normalized spacial score (nSPS) is 28.8. The van der Waals surface area contributed by atoms with Gasteiger partial charge in [0.2, 0.25) is 0 Å². The SMILES string of the molecule is CCCCC(CN)NCC1CC1C. The predicted octanol–water partition coefficient (Wildman–Crippen LogP) is 1.75. The molecular formula is C11H24N2. The second-order valence-electron chi connectivity index (χ2n) is 4.46. The van der Waals surface area contributed by atoms with Gasteiger partial charge in [0.25, 0.3) is 0 Å². The first-order chi connectivity index (χ1) is 6.27. The third kappa shape index (κ3) is 4.10. The van der Waals surface area contributed by atoms with Gasteiger partial charge in [-0.05, 0) is 31.2 Å². The molecule has 0 saturated heterocycles. The summed E-state index contributed by atoms with van der Waals surface area (Å²) in [4.78, 5) is 0. The molecule has 0 heterocycles. The molecule has 78 valence electrons. The van der Waals surface area contributed by atoms with Gasteiger partial charge in [-0.1, -0.05) is 26.7 Å². The summed E-state index contributed by atoms with van der Waals surface area (Å²) in [5.74, 6) is 1.90. The Kier molecular flexibility index (Phi) is 4.74. The van der Waals surface area contributed by atoms with E-state index in [2.05, 4.69) is 19.2 Å². The maximum Gasteiger partial charge on any atom is 0.0190 e. The van der Waals surface area contributed by atoms with Crippen LogP contribution in [0.15, 0.2) is 0 Å². The first-order valence-electron chi connectivity index (χ1n) is 5.71. The van der Waals surface area contributed by atoms with Crippen LogP contribution in [-0.2, 0) is 0 Å². The maximum absolute atomic E-state index is 5.69. The van der Waals surface area contributed by atoms with E-state index in [9.17, 15) is 0 Å². The second-order valence-corrected chi connectivity index (χ2v) is 4.46. The fourth-order valence-electron chi connectivity index (χ4n) is 1.76. The van der Waals surface area contributed by atoms with E-state index >= 15 is 0 Å². The molecule has 0 radical (unpaired) electrons. The van der Waals surface area contributed by atoms with Gasteiger partial charge in [0.1, 0.15) is 0 Å². The molecule has 0 spiro atoms. The largest absolute Gasteiger partial charge is 0.329 e. The Morgan fingerprint density at radius 3 is 2.69 bits per heavy atom. The van der Waals surface area contributed by atoms with Crippen molar-refractivity contribution in [2.45, 2.75) is 45.6 Å². The minimum Gasteiger partial charge on any atom is -0.329 e. The van der Waals surface area contributed by atoms with Gasteiger partial charge in [-0.3, -0.25) is 0 Å². The number of nitrogens with one attached hydrogen (secondary N) is 1. The first-order valence-corrected chi connectivity index (χ1v) is 5.71. The molecule has 1 aliphatic carbocycles. The smallest absolute Gasteiger partial charge is 0.0190 e. The summed E-state index contributed by atoms with van der Waals surface area (Å²) in [7, 11) is 0. The molecule has 3 N–H and O–H groups in total. The summed E-state index contributed by atoms with van der Waals surface area (Å²) in [5.41, 5.74) is 5.69. The quantitative estimate of drug-likeness (QED) is 0.632. The van der Waals surface area contributed by atoms with Crippen molar-refractivity contribution in [3.05, 3.63) is 0 Å². The van der Waals surface area contributed by atoms with Crippen LogP contribution in [0.1, 0.15) is 39.5 Å². The van der Waals surface area contributed by atoms with Crippen LogP contribution in [0.3, 0.4) is 0 Å². The summed E-state index contributed by atoms with van der Waals surface area (Å²) >= 11 is 0. The fourth-order valence-corrected chi connectivity index (χ4v) is 1.76. The summed E-state index contributed by atoms with van der Waals surface area (Å²) in [6.45, 7) is 6.54. The van der Waals surface area contributed by atoms with Gasteiger partial charge in [0.05, 0.1) is 0 Å². The minimum atomic E-state index is 0.563. The maximum atomic E-state index is 5.69. The lowest BCUT2D eigenvalue weighted by Gasteiger charge is -2.16. The van der Waals surface area contributed by atoms with Gasteiger partial charge in [-0.25, -0.2) is 0 Å². The molecule has 2 nitrogen and oxygen atoms in total. The van der Waals surface area contributed by atoms with Gasteiger partial charge < -0.3 is 11.1 Å². The molecule has 2 heteroatoms. The van der Waals surface area contributed by atoms with E-state index < -0.39 is 0 Å². The van der Waals surface area contributed by atoms with Crippen LogP contribution >= 0.6 is 0 Å². The Morgan fingerprint density at radius 1 is 1.54 bits per heavy atom. The first kappa shape index (κ1) is 11.0. The van der Waals surface area contributed by atoms with Crippen molar-refractivity contribution in [2.24, 2.45) is 17.6 Å². The van der Waals surface area contributed by atoms with Crippen molar-refractivity contribution in [2.75, 3.05) is 13.1 Å². The van der Waals surface area contributed by atoms with Gasteiger partial charge in [-0.2, -0.15) is 0 Å². The van der Waals surface area contributed by atoms with Gasteiger partial charge in [0, 0.05) is 12.6 Å². The zero-order chi connectivity index (χ0) is 9.68.